The zero-order valence-corrected chi connectivity index (χ0v) is 6.91. The van der Waals surface area contributed by atoms with Crippen LogP contribution in [0.2, 0.25) is 0 Å². The van der Waals surface area contributed by atoms with Crippen LogP contribution in [0.4, 0.5) is 0 Å². The Hall–Kier alpha value is 2.54. The predicted molar refractivity (Wildman–Crippen MR) is 2.91 cm³/mol. The molecule has 0 amide bonds. The van der Waals surface area contributed by atoms with Gasteiger partial charge in [0.1, 0.15) is 0 Å². The van der Waals surface area contributed by atoms with Gasteiger partial charge in [0.05, 0.1) is 0 Å². The summed E-state index contributed by atoms with van der Waals surface area (Å²) in [6.07, 6.45) is 0. The molecule has 0 aromatic carbocycles. The molecule has 19 valence electrons. The van der Waals surface area contributed by atoms with Crippen LogP contribution >= 0.6 is 0 Å². The van der Waals surface area contributed by atoms with Gasteiger partial charge in [-0.15, -0.1) is 0 Å². The third-order valence-corrected chi connectivity index (χ3v) is 0. The van der Waals surface area contributed by atoms with Gasteiger partial charge in [0, 0.05) is 0 Å². The van der Waals surface area contributed by atoms with Crippen molar-refractivity contribution in [2.75, 3.05) is 0 Å². The number of rotatable bonds is 0. The van der Waals surface area contributed by atoms with Gasteiger partial charge >= 0.3 is 89.8 Å². The Bertz CT molecular complexity index is 13.5. The molecule has 0 aromatic rings. The van der Waals surface area contributed by atoms with Gasteiger partial charge in [0.15, 0.2) is 0 Å². The standard InChI is InChI=1S/Co.K.Li.O.2H/q;2*+1;;2*-1. The Balaban J connectivity index is -0.000000000833. The maximum atomic E-state index is 7.94. The third-order valence-electron chi connectivity index (χ3n) is 0. The van der Waals surface area contributed by atoms with Crippen molar-refractivity contribution >= 4 is 0 Å². The summed E-state index contributed by atoms with van der Waals surface area (Å²) in [6, 6.07) is 0. The van der Waals surface area contributed by atoms with Crippen molar-refractivity contribution in [1.29, 1.82) is 0 Å². The molecular weight excluding hydrogens is 121 g/mol. The van der Waals surface area contributed by atoms with Crippen molar-refractivity contribution in [1.82, 2.24) is 0 Å². The molecule has 0 rings (SSSR count). The molecule has 0 unspecified atom stereocenters. The SMILES string of the molecule is [H-].[H-].[K+].[Li+].[O]=[Co]. The van der Waals surface area contributed by atoms with E-state index in [0.29, 0.717) is 0 Å². The second-order valence-electron chi connectivity index (χ2n) is 0. The number of hydrogen-bond acceptors (Lipinski definition) is 1. The van der Waals surface area contributed by atoms with Crippen LogP contribution < -0.4 is 70.2 Å². The van der Waals surface area contributed by atoms with E-state index in [4.69, 9.17) is 3.87 Å². The minimum atomic E-state index is 0. The first kappa shape index (κ1) is 16.0. The molecule has 0 N–H and O–H groups in total. The van der Waals surface area contributed by atoms with Gasteiger partial charge < -0.3 is 2.85 Å². The van der Waals surface area contributed by atoms with E-state index < -0.39 is 0 Å². The predicted octanol–water partition coefficient (Wildman–Crippen LogP) is -5.89. The van der Waals surface area contributed by atoms with Gasteiger partial charge in [-0.05, 0) is 0 Å². The van der Waals surface area contributed by atoms with Gasteiger partial charge in [-0.3, -0.25) is 0 Å². The van der Waals surface area contributed by atoms with Gasteiger partial charge in [-0.1, -0.05) is 0 Å². The zero-order chi connectivity index (χ0) is 2.00. The summed E-state index contributed by atoms with van der Waals surface area (Å²) in [6.45, 7) is 0. The summed E-state index contributed by atoms with van der Waals surface area (Å²) in [5, 5.41) is 0. The molecule has 0 aliphatic rings. The third kappa shape index (κ3) is 8.82. The molecule has 0 atom stereocenters. The first-order chi connectivity index (χ1) is 1.00. The summed E-state index contributed by atoms with van der Waals surface area (Å²) < 4.78 is 7.94. The summed E-state index contributed by atoms with van der Waals surface area (Å²) in [4.78, 5) is 0. The van der Waals surface area contributed by atoms with E-state index in [-0.39, 0.29) is 73.1 Å². The van der Waals surface area contributed by atoms with Crippen molar-refractivity contribution in [3.05, 3.63) is 0 Å². The molecule has 0 aliphatic heterocycles. The minimum absolute atomic E-state index is 0. The fraction of sp³-hybridized carbons (Fsp3) is 0. The molecule has 0 fully saturated rings. The van der Waals surface area contributed by atoms with E-state index >= 15 is 0 Å². The van der Waals surface area contributed by atoms with E-state index in [1.54, 1.807) is 0 Å². The van der Waals surface area contributed by atoms with Crippen LogP contribution in [0.5, 0.6) is 0 Å². The molecule has 0 radical (unpaired) electrons. The van der Waals surface area contributed by atoms with Crippen LogP contribution in [0.1, 0.15) is 2.85 Å². The Labute approximate surface area is 90.6 Å². The molecule has 0 saturated heterocycles. The second-order valence-corrected chi connectivity index (χ2v) is 0. The van der Waals surface area contributed by atoms with Gasteiger partial charge in [0.25, 0.3) is 0 Å². The summed E-state index contributed by atoms with van der Waals surface area (Å²) in [5.41, 5.74) is 0. The molecule has 0 bridgehead atoms. The van der Waals surface area contributed by atoms with Crippen LogP contribution in [-0.4, -0.2) is 0 Å². The van der Waals surface area contributed by atoms with Crippen molar-refractivity contribution in [2.24, 2.45) is 0 Å². The van der Waals surface area contributed by atoms with E-state index in [1.807, 2.05) is 0 Å². The molecule has 4 heteroatoms. The molecule has 0 heterocycles. The van der Waals surface area contributed by atoms with Crippen molar-refractivity contribution in [2.45, 2.75) is 0 Å². The van der Waals surface area contributed by atoms with Crippen LogP contribution in [0.3, 0.4) is 0 Å². The Morgan fingerprint density at radius 2 is 1.50 bits per heavy atom. The van der Waals surface area contributed by atoms with Crippen LogP contribution in [-0.2, 0) is 19.5 Å². The Morgan fingerprint density at radius 3 is 1.50 bits per heavy atom. The summed E-state index contributed by atoms with van der Waals surface area (Å²) in [7, 11) is 0. The van der Waals surface area contributed by atoms with Crippen LogP contribution in [0.25, 0.3) is 0 Å². The van der Waals surface area contributed by atoms with Gasteiger partial charge in [0.2, 0.25) is 0 Å². The zero-order valence-electron chi connectivity index (χ0n) is 4.74. The first-order valence-corrected chi connectivity index (χ1v) is 0.561. The van der Waals surface area contributed by atoms with Crippen LogP contribution in [0, 0.1) is 0 Å². The van der Waals surface area contributed by atoms with Gasteiger partial charge in [-0.25, -0.2) is 0 Å². The summed E-state index contributed by atoms with van der Waals surface area (Å²) >= 11 is 2.31. The molecule has 0 aliphatic carbocycles. The van der Waals surface area contributed by atoms with E-state index in [9.17, 15) is 0 Å². The topological polar surface area (TPSA) is 17.1 Å². The molecule has 0 spiro atoms. The van der Waals surface area contributed by atoms with Crippen molar-refractivity contribution < 1.29 is 92.6 Å². The Morgan fingerprint density at radius 1 is 1.50 bits per heavy atom. The average molecular weight is 123 g/mol. The second kappa shape index (κ2) is 17.7. The van der Waals surface area contributed by atoms with E-state index in [2.05, 4.69) is 15.7 Å². The van der Waals surface area contributed by atoms with Crippen molar-refractivity contribution in [3.8, 4) is 0 Å². The fourth-order valence-electron chi connectivity index (χ4n) is 0. The maximum absolute atomic E-state index is 7.94. The monoisotopic (exact) mass is 123 g/mol. The molecular formula is H2CoKLiO. The summed E-state index contributed by atoms with van der Waals surface area (Å²) in [5.74, 6) is 0. The fourth-order valence-corrected chi connectivity index (χ4v) is 0. The van der Waals surface area contributed by atoms with E-state index in [1.165, 1.54) is 0 Å². The quantitative estimate of drug-likeness (QED) is 0.293. The first-order valence-electron chi connectivity index (χ1n) is 0.136. The van der Waals surface area contributed by atoms with Gasteiger partial charge in [-0.2, -0.15) is 0 Å². The molecule has 4 heavy (non-hydrogen) atoms. The van der Waals surface area contributed by atoms with Crippen molar-refractivity contribution in [3.63, 3.8) is 0 Å². The normalized spacial score (nSPS) is 1.25. The molecule has 1 nitrogen and oxygen atoms in total. The van der Waals surface area contributed by atoms with E-state index in [0.717, 1.165) is 0 Å². The molecule has 0 aromatic heterocycles. The molecule has 0 saturated carbocycles. The Kier molecular flexibility index (Phi) is 70.9. The van der Waals surface area contributed by atoms with Crippen LogP contribution in [0.15, 0.2) is 0 Å². The number of hydrogen-bond donors (Lipinski definition) is 0. The average Bonchev–Trinajstić information content (AvgIpc) is 1.00.